The molecule has 0 bridgehead atoms. The highest BCUT2D eigenvalue weighted by atomic mass is 32.2. The van der Waals surface area contributed by atoms with Crippen molar-refractivity contribution >= 4 is 23.7 Å². The number of carbonyl (C=O) groups excluding carboxylic acids is 1. The van der Waals surface area contributed by atoms with Crippen molar-refractivity contribution in [1.29, 1.82) is 0 Å². The lowest BCUT2D eigenvalue weighted by atomic mass is 9.89. The van der Waals surface area contributed by atoms with Gasteiger partial charge >= 0.3 is 6.01 Å². The summed E-state index contributed by atoms with van der Waals surface area (Å²) in [6.07, 6.45) is 5.90. The Balaban J connectivity index is 1.50. The number of thioether (sulfide) groups is 1. The van der Waals surface area contributed by atoms with Gasteiger partial charge in [-0.2, -0.15) is 0 Å². The summed E-state index contributed by atoms with van der Waals surface area (Å²) < 4.78 is 5.58. The molecule has 0 spiro atoms. The summed E-state index contributed by atoms with van der Waals surface area (Å²) in [6.45, 7) is 0. The van der Waals surface area contributed by atoms with E-state index in [1.807, 2.05) is 30.3 Å². The molecule has 6 heteroatoms. The lowest BCUT2D eigenvalue weighted by molar-refractivity contribution is -0.113. The third-order valence-electron chi connectivity index (χ3n) is 3.75. The van der Waals surface area contributed by atoms with Crippen LogP contribution in [-0.4, -0.2) is 21.9 Å². The molecular formula is C16H19N3O2S. The van der Waals surface area contributed by atoms with Crippen molar-refractivity contribution in [3.05, 3.63) is 36.2 Å². The largest absolute Gasteiger partial charge is 0.408 e. The van der Waals surface area contributed by atoms with E-state index in [1.165, 1.54) is 31.0 Å². The second-order valence-corrected chi connectivity index (χ2v) is 6.48. The smallest absolute Gasteiger partial charge is 0.322 e. The maximum atomic E-state index is 11.9. The van der Waals surface area contributed by atoms with E-state index < -0.39 is 0 Å². The molecule has 1 aliphatic carbocycles. The van der Waals surface area contributed by atoms with E-state index in [-0.39, 0.29) is 11.9 Å². The number of nitrogens with one attached hydrogen (secondary N) is 1. The Morgan fingerprint density at radius 3 is 2.73 bits per heavy atom. The standard InChI is InChI=1S/C16H19N3O2S/c20-14(11-22-13-9-5-2-6-10-13)17-16-19-18-15(21-16)12-7-3-1-4-8-12/h2,5-6,9-10,12H,1,3-4,7-8,11H2,(H,17,19,20). The molecule has 1 aromatic heterocycles. The molecule has 1 N–H and O–H groups in total. The molecule has 0 radical (unpaired) electrons. The first-order valence-electron chi connectivity index (χ1n) is 7.62. The van der Waals surface area contributed by atoms with E-state index >= 15 is 0 Å². The molecule has 3 rings (SSSR count). The van der Waals surface area contributed by atoms with E-state index in [9.17, 15) is 4.79 Å². The second kappa shape index (κ2) is 7.45. The van der Waals surface area contributed by atoms with E-state index in [2.05, 4.69) is 15.5 Å². The Kier molecular flexibility index (Phi) is 5.11. The predicted octanol–water partition coefficient (Wildman–Crippen LogP) is 3.85. The van der Waals surface area contributed by atoms with Crippen molar-refractivity contribution in [3.63, 3.8) is 0 Å². The van der Waals surface area contributed by atoms with Crippen molar-refractivity contribution in [2.24, 2.45) is 0 Å². The molecule has 0 saturated heterocycles. The summed E-state index contributed by atoms with van der Waals surface area (Å²) in [5, 5.41) is 10.7. The van der Waals surface area contributed by atoms with Crippen LogP contribution in [0.3, 0.4) is 0 Å². The zero-order chi connectivity index (χ0) is 15.2. The van der Waals surface area contributed by atoms with Gasteiger partial charge in [0.15, 0.2) is 0 Å². The number of rotatable bonds is 5. The van der Waals surface area contributed by atoms with E-state index in [4.69, 9.17) is 4.42 Å². The van der Waals surface area contributed by atoms with Crippen LogP contribution in [0, 0.1) is 0 Å². The third-order valence-corrected chi connectivity index (χ3v) is 4.77. The van der Waals surface area contributed by atoms with Crippen LogP contribution < -0.4 is 5.32 Å². The highest BCUT2D eigenvalue weighted by molar-refractivity contribution is 8.00. The summed E-state index contributed by atoms with van der Waals surface area (Å²) >= 11 is 1.48. The van der Waals surface area contributed by atoms with Gasteiger partial charge in [0.2, 0.25) is 11.8 Å². The van der Waals surface area contributed by atoms with Crippen molar-refractivity contribution in [2.45, 2.75) is 42.9 Å². The van der Waals surface area contributed by atoms with Crippen LogP contribution in [0.1, 0.15) is 43.9 Å². The minimum atomic E-state index is -0.132. The molecule has 116 valence electrons. The Morgan fingerprint density at radius 2 is 1.95 bits per heavy atom. The van der Waals surface area contributed by atoms with Crippen molar-refractivity contribution in [1.82, 2.24) is 10.2 Å². The molecule has 1 heterocycles. The maximum absolute atomic E-state index is 11.9. The lowest BCUT2D eigenvalue weighted by Crippen LogP contribution is -2.14. The Morgan fingerprint density at radius 1 is 1.18 bits per heavy atom. The zero-order valence-corrected chi connectivity index (χ0v) is 13.1. The zero-order valence-electron chi connectivity index (χ0n) is 12.3. The van der Waals surface area contributed by atoms with Crippen molar-refractivity contribution < 1.29 is 9.21 Å². The topological polar surface area (TPSA) is 68.0 Å². The van der Waals surface area contributed by atoms with Crippen LogP contribution in [0.5, 0.6) is 0 Å². The Hall–Kier alpha value is -1.82. The van der Waals surface area contributed by atoms with Gasteiger partial charge in [0.25, 0.3) is 0 Å². The molecule has 0 atom stereocenters. The van der Waals surface area contributed by atoms with Gasteiger partial charge < -0.3 is 4.42 Å². The van der Waals surface area contributed by atoms with Crippen LogP contribution in [0.4, 0.5) is 6.01 Å². The molecular weight excluding hydrogens is 298 g/mol. The lowest BCUT2D eigenvalue weighted by Gasteiger charge is -2.17. The SMILES string of the molecule is O=C(CSc1ccccc1)Nc1nnc(C2CCCCC2)o1. The minimum absolute atomic E-state index is 0.132. The number of amides is 1. The number of hydrogen-bond donors (Lipinski definition) is 1. The summed E-state index contributed by atoms with van der Waals surface area (Å²) in [5.74, 6) is 1.20. The number of aromatic nitrogens is 2. The fourth-order valence-corrected chi connectivity index (χ4v) is 3.34. The molecule has 5 nitrogen and oxygen atoms in total. The van der Waals surface area contributed by atoms with Crippen LogP contribution in [0.15, 0.2) is 39.6 Å². The van der Waals surface area contributed by atoms with Gasteiger partial charge in [-0.3, -0.25) is 10.1 Å². The van der Waals surface area contributed by atoms with Crippen molar-refractivity contribution in [2.75, 3.05) is 11.1 Å². The fraction of sp³-hybridized carbons (Fsp3) is 0.438. The highest BCUT2D eigenvalue weighted by Gasteiger charge is 2.21. The Bertz CT molecular complexity index is 609. The first-order chi connectivity index (χ1) is 10.8. The molecule has 0 unspecified atom stereocenters. The molecule has 1 amide bonds. The number of hydrogen-bond acceptors (Lipinski definition) is 5. The van der Waals surface area contributed by atoms with Gasteiger partial charge in [0, 0.05) is 10.8 Å². The van der Waals surface area contributed by atoms with Gasteiger partial charge in [0.05, 0.1) is 5.75 Å². The van der Waals surface area contributed by atoms with E-state index in [0.717, 1.165) is 17.7 Å². The average Bonchev–Trinajstić information content (AvgIpc) is 3.03. The molecule has 1 aromatic carbocycles. The molecule has 2 aromatic rings. The molecule has 1 fully saturated rings. The third kappa shape index (κ3) is 4.10. The fourth-order valence-electron chi connectivity index (χ4n) is 2.62. The van der Waals surface area contributed by atoms with Gasteiger partial charge in [-0.25, -0.2) is 0 Å². The number of anilines is 1. The van der Waals surface area contributed by atoms with Crippen molar-refractivity contribution in [3.8, 4) is 0 Å². The first-order valence-corrected chi connectivity index (χ1v) is 8.61. The highest BCUT2D eigenvalue weighted by Crippen LogP contribution is 2.32. The number of benzene rings is 1. The maximum Gasteiger partial charge on any atom is 0.322 e. The second-order valence-electron chi connectivity index (χ2n) is 5.43. The van der Waals surface area contributed by atoms with Gasteiger partial charge in [-0.05, 0) is 25.0 Å². The summed E-state index contributed by atoms with van der Waals surface area (Å²) in [7, 11) is 0. The van der Waals surface area contributed by atoms with E-state index in [0.29, 0.717) is 17.6 Å². The van der Waals surface area contributed by atoms with Crippen LogP contribution >= 0.6 is 11.8 Å². The molecule has 0 aliphatic heterocycles. The van der Waals surface area contributed by atoms with Crippen LogP contribution in [0.25, 0.3) is 0 Å². The normalized spacial score (nSPS) is 15.6. The average molecular weight is 317 g/mol. The summed E-state index contributed by atoms with van der Waals surface area (Å²) in [5.41, 5.74) is 0. The quantitative estimate of drug-likeness (QED) is 0.848. The monoisotopic (exact) mass is 317 g/mol. The van der Waals surface area contributed by atoms with Crippen LogP contribution in [0.2, 0.25) is 0 Å². The van der Waals surface area contributed by atoms with Crippen LogP contribution in [-0.2, 0) is 4.79 Å². The van der Waals surface area contributed by atoms with Gasteiger partial charge in [-0.15, -0.1) is 16.9 Å². The number of nitrogens with zero attached hydrogens (tertiary/aromatic N) is 2. The molecule has 1 saturated carbocycles. The van der Waals surface area contributed by atoms with Gasteiger partial charge in [-0.1, -0.05) is 42.6 Å². The Labute approximate surface area is 133 Å². The summed E-state index contributed by atoms with van der Waals surface area (Å²) in [4.78, 5) is 13.0. The molecule has 22 heavy (non-hydrogen) atoms. The predicted molar refractivity (Wildman–Crippen MR) is 85.9 cm³/mol. The van der Waals surface area contributed by atoms with Gasteiger partial charge in [0.1, 0.15) is 0 Å². The first kappa shape index (κ1) is 15.1. The number of carbonyl (C=O) groups is 1. The molecule has 1 aliphatic rings. The summed E-state index contributed by atoms with van der Waals surface area (Å²) in [6, 6.07) is 10.0. The van der Waals surface area contributed by atoms with E-state index in [1.54, 1.807) is 0 Å². The minimum Gasteiger partial charge on any atom is -0.408 e.